The topological polar surface area (TPSA) is 40.5 Å². The Morgan fingerprint density at radius 2 is 1.84 bits per heavy atom. The molecule has 98 valence electrons. The molecule has 2 N–H and O–H groups in total. The summed E-state index contributed by atoms with van der Waals surface area (Å²) in [7, 11) is 0. The molecule has 1 atom stereocenters. The highest BCUT2D eigenvalue weighted by molar-refractivity contribution is 7.10. The summed E-state index contributed by atoms with van der Waals surface area (Å²) in [4.78, 5) is 0.926. The van der Waals surface area contributed by atoms with E-state index in [-0.39, 0.29) is 0 Å². The van der Waals surface area contributed by atoms with Crippen LogP contribution in [0.15, 0.2) is 41.8 Å². The second kappa shape index (κ2) is 5.58. The molecule has 0 aliphatic rings. The zero-order valence-electron chi connectivity index (χ0n) is 10.9. The lowest BCUT2D eigenvalue weighted by atomic mass is 10.1. The molecule has 2 rings (SSSR count). The van der Waals surface area contributed by atoms with Crippen molar-refractivity contribution >= 4 is 11.3 Å². The molecule has 1 aromatic carbocycles. The van der Waals surface area contributed by atoms with Crippen LogP contribution in [0.5, 0.6) is 0 Å². The fraction of sp³-hybridized carbons (Fsp3) is 0.250. The van der Waals surface area contributed by atoms with Crippen LogP contribution >= 0.6 is 11.3 Å². The summed E-state index contributed by atoms with van der Waals surface area (Å²) in [6.45, 7) is 3.30. The second-order valence-electron chi connectivity index (χ2n) is 4.85. The van der Waals surface area contributed by atoms with E-state index in [0.717, 1.165) is 16.0 Å². The highest BCUT2D eigenvalue weighted by atomic mass is 32.1. The fourth-order valence-electron chi connectivity index (χ4n) is 1.58. The number of hydrogen-bond acceptors (Lipinski definition) is 3. The SMILES string of the molecule is CC(C)(O)C#Cc1ccc(C(O)c2cccs2)cc1. The molecule has 1 aromatic heterocycles. The van der Waals surface area contributed by atoms with Gasteiger partial charge in [0.15, 0.2) is 0 Å². The van der Waals surface area contributed by atoms with E-state index < -0.39 is 11.7 Å². The molecule has 0 aliphatic heterocycles. The van der Waals surface area contributed by atoms with Gasteiger partial charge < -0.3 is 10.2 Å². The van der Waals surface area contributed by atoms with Gasteiger partial charge >= 0.3 is 0 Å². The molecule has 2 aromatic rings. The lowest BCUT2D eigenvalue weighted by Gasteiger charge is -2.09. The predicted octanol–water partition coefficient (Wildman–Crippen LogP) is 2.95. The third-order valence-corrected chi connectivity index (χ3v) is 3.48. The number of benzene rings is 1. The van der Waals surface area contributed by atoms with Crippen LogP contribution in [0.1, 0.15) is 36.0 Å². The van der Waals surface area contributed by atoms with E-state index in [9.17, 15) is 10.2 Å². The average Bonchev–Trinajstić information content (AvgIpc) is 2.89. The Hall–Kier alpha value is -1.60. The first kappa shape index (κ1) is 13.8. The van der Waals surface area contributed by atoms with Gasteiger partial charge in [0.1, 0.15) is 11.7 Å². The highest BCUT2D eigenvalue weighted by Crippen LogP contribution is 2.25. The Morgan fingerprint density at radius 1 is 1.16 bits per heavy atom. The van der Waals surface area contributed by atoms with Gasteiger partial charge in [0.05, 0.1) is 0 Å². The van der Waals surface area contributed by atoms with Crippen molar-refractivity contribution in [2.24, 2.45) is 0 Å². The van der Waals surface area contributed by atoms with Crippen LogP contribution in [-0.4, -0.2) is 15.8 Å². The standard InChI is InChI=1S/C16H16O2S/c1-16(2,18)10-9-12-5-7-13(8-6-12)15(17)14-4-3-11-19-14/h3-8,11,15,17-18H,1-2H3. The molecule has 0 saturated carbocycles. The maximum absolute atomic E-state index is 10.2. The minimum Gasteiger partial charge on any atom is -0.383 e. The highest BCUT2D eigenvalue weighted by Gasteiger charge is 2.11. The minimum absolute atomic E-state index is 0.587. The van der Waals surface area contributed by atoms with Gasteiger partial charge in [-0.05, 0) is 43.0 Å². The van der Waals surface area contributed by atoms with Gasteiger partial charge in [0, 0.05) is 10.4 Å². The number of aliphatic hydroxyl groups is 2. The first-order valence-electron chi connectivity index (χ1n) is 6.03. The fourth-order valence-corrected chi connectivity index (χ4v) is 2.32. The Labute approximate surface area is 117 Å². The maximum atomic E-state index is 10.2. The van der Waals surface area contributed by atoms with Gasteiger partial charge in [0.2, 0.25) is 0 Å². The van der Waals surface area contributed by atoms with Gasteiger partial charge in [-0.3, -0.25) is 0 Å². The molecule has 3 heteroatoms. The summed E-state index contributed by atoms with van der Waals surface area (Å²) in [6.07, 6.45) is -0.587. The van der Waals surface area contributed by atoms with E-state index in [1.807, 2.05) is 41.8 Å². The summed E-state index contributed by atoms with van der Waals surface area (Å²) < 4.78 is 0. The van der Waals surface area contributed by atoms with Crippen LogP contribution in [-0.2, 0) is 0 Å². The number of hydrogen-bond donors (Lipinski definition) is 2. The van der Waals surface area contributed by atoms with E-state index in [2.05, 4.69) is 11.8 Å². The summed E-state index contributed by atoms with van der Waals surface area (Å²) in [6, 6.07) is 11.3. The number of aliphatic hydroxyl groups excluding tert-OH is 1. The molecule has 1 heterocycles. The van der Waals surface area contributed by atoms with E-state index in [1.54, 1.807) is 13.8 Å². The van der Waals surface area contributed by atoms with Crippen molar-refractivity contribution in [2.45, 2.75) is 25.6 Å². The minimum atomic E-state index is -0.991. The van der Waals surface area contributed by atoms with Gasteiger partial charge in [-0.1, -0.05) is 30.0 Å². The van der Waals surface area contributed by atoms with Crippen molar-refractivity contribution in [3.05, 3.63) is 57.8 Å². The zero-order valence-corrected chi connectivity index (χ0v) is 11.7. The average molecular weight is 272 g/mol. The normalized spacial score (nSPS) is 12.6. The van der Waals surface area contributed by atoms with Gasteiger partial charge in [0.25, 0.3) is 0 Å². The van der Waals surface area contributed by atoms with Crippen molar-refractivity contribution in [3.8, 4) is 11.8 Å². The maximum Gasteiger partial charge on any atom is 0.120 e. The van der Waals surface area contributed by atoms with Crippen molar-refractivity contribution in [1.29, 1.82) is 0 Å². The summed E-state index contributed by atoms with van der Waals surface area (Å²) in [5, 5.41) is 21.6. The predicted molar refractivity (Wildman–Crippen MR) is 78.0 cm³/mol. The van der Waals surface area contributed by atoms with E-state index in [1.165, 1.54) is 11.3 Å². The molecule has 2 nitrogen and oxygen atoms in total. The van der Waals surface area contributed by atoms with Crippen LogP contribution in [0.25, 0.3) is 0 Å². The summed E-state index contributed by atoms with van der Waals surface area (Å²) in [5.74, 6) is 5.67. The molecular formula is C16H16O2S. The van der Waals surface area contributed by atoms with Crippen LogP contribution < -0.4 is 0 Å². The van der Waals surface area contributed by atoms with Crippen LogP contribution in [0.2, 0.25) is 0 Å². The van der Waals surface area contributed by atoms with Crippen LogP contribution in [0.3, 0.4) is 0 Å². The van der Waals surface area contributed by atoms with Crippen molar-refractivity contribution in [2.75, 3.05) is 0 Å². The van der Waals surface area contributed by atoms with E-state index in [0.29, 0.717) is 0 Å². The van der Waals surface area contributed by atoms with E-state index >= 15 is 0 Å². The van der Waals surface area contributed by atoms with Crippen molar-refractivity contribution in [3.63, 3.8) is 0 Å². The number of rotatable bonds is 2. The molecule has 0 spiro atoms. The molecule has 0 fully saturated rings. The Morgan fingerprint density at radius 3 is 2.37 bits per heavy atom. The first-order valence-corrected chi connectivity index (χ1v) is 6.91. The summed E-state index contributed by atoms with van der Waals surface area (Å²) in [5.41, 5.74) is 0.676. The molecule has 0 bridgehead atoms. The lowest BCUT2D eigenvalue weighted by Crippen LogP contribution is -2.14. The summed E-state index contributed by atoms with van der Waals surface area (Å²) >= 11 is 1.53. The van der Waals surface area contributed by atoms with Gasteiger partial charge in [-0.25, -0.2) is 0 Å². The molecule has 0 amide bonds. The Bertz CT molecular complexity index is 580. The van der Waals surface area contributed by atoms with E-state index in [4.69, 9.17) is 0 Å². The lowest BCUT2D eigenvalue weighted by molar-refractivity contribution is 0.143. The first-order chi connectivity index (χ1) is 8.96. The van der Waals surface area contributed by atoms with Crippen molar-refractivity contribution in [1.82, 2.24) is 0 Å². The molecule has 1 unspecified atom stereocenters. The zero-order chi connectivity index (χ0) is 13.9. The quantitative estimate of drug-likeness (QED) is 0.825. The molecule has 0 aliphatic carbocycles. The third-order valence-electron chi connectivity index (χ3n) is 2.55. The monoisotopic (exact) mass is 272 g/mol. The second-order valence-corrected chi connectivity index (χ2v) is 5.83. The Kier molecular flexibility index (Phi) is 4.06. The van der Waals surface area contributed by atoms with Gasteiger partial charge in [-0.2, -0.15) is 0 Å². The third kappa shape index (κ3) is 3.93. The largest absolute Gasteiger partial charge is 0.383 e. The van der Waals surface area contributed by atoms with Gasteiger partial charge in [-0.15, -0.1) is 11.3 Å². The molecular weight excluding hydrogens is 256 g/mol. The Balaban J connectivity index is 2.16. The smallest absolute Gasteiger partial charge is 0.120 e. The van der Waals surface area contributed by atoms with Crippen molar-refractivity contribution < 1.29 is 10.2 Å². The molecule has 0 saturated heterocycles. The van der Waals surface area contributed by atoms with Crippen LogP contribution in [0, 0.1) is 11.8 Å². The number of thiophene rings is 1. The molecule has 19 heavy (non-hydrogen) atoms. The molecule has 0 radical (unpaired) electrons. The van der Waals surface area contributed by atoms with Crippen LogP contribution in [0.4, 0.5) is 0 Å².